The monoisotopic (exact) mass is 770 g/mol. The fourth-order valence-electron chi connectivity index (χ4n) is 5.21. The molecule has 1 saturated heterocycles. The van der Waals surface area contributed by atoms with Crippen LogP contribution in [-0.4, -0.2) is 82.5 Å². The van der Waals surface area contributed by atoms with E-state index in [4.69, 9.17) is 35.9 Å². The van der Waals surface area contributed by atoms with Crippen LogP contribution in [0.5, 0.6) is 5.75 Å². The van der Waals surface area contributed by atoms with E-state index in [1.807, 2.05) is 31.2 Å². The average molecular weight is 771 g/mol. The van der Waals surface area contributed by atoms with Gasteiger partial charge in [-0.2, -0.15) is 5.09 Å². The molecule has 51 heavy (non-hydrogen) atoms. The molecule has 2 aliphatic heterocycles. The number of aryl methyl sites for hydroxylation is 1. The number of sulfonamides is 1. The minimum atomic E-state index is -4.49. The molecule has 1 fully saturated rings. The first-order chi connectivity index (χ1) is 23.8. The van der Waals surface area contributed by atoms with E-state index in [1.54, 1.807) is 0 Å². The normalized spacial score (nSPS) is 24.5. The van der Waals surface area contributed by atoms with Crippen molar-refractivity contribution in [2.24, 2.45) is 10.7 Å². The second-order valence-electron chi connectivity index (χ2n) is 12.7. The fraction of sp³-hybridized carbons (Fsp3) is 0.433. The van der Waals surface area contributed by atoms with E-state index in [2.05, 4.69) is 30.6 Å². The molecular weight excluding hydrogens is 731 g/mol. The molecule has 18 nitrogen and oxygen atoms in total. The van der Waals surface area contributed by atoms with E-state index in [-0.39, 0.29) is 29.7 Å². The third-order valence-electron chi connectivity index (χ3n) is 7.93. The number of benzene rings is 2. The molecule has 0 bridgehead atoms. The summed E-state index contributed by atoms with van der Waals surface area (Å²) in [6.45, 7) is 5.43. The third-order valence-corrected chi connectivity index (χ3v) is 10.4. The number of hydrazine groups is 1. The van der Waals surface area contributed by atoms with E-state index in [0.717, 1.165) is 17.4 Å². The number of hydrogen-bond acceptors (Lipinski definition) is 15. The topological polar surface area (TPSA) is 250 Å². The van der Waals surface area contributed by atoms with Crippen molar-refractivity contribution in [1.29, 1.82) is 0 Å². The quantitative estimate of drug-likeness (QED) is 0.0742. The Bertz CT molecular complexity index is 1940. The Balaban J connectivity index is 1.34. The second kappa shape index (κ2) is 14.8. The molecule has 3 aromatic rings. The Labute approximate surface area is 299 Å². The third kappa shape index (κ3) is 9.07. The number of nitrogens with two attached hydrogens (primary N) is 1. The number of rotatable bonds is 13. The zero-order chi connectivity index (χ0) is 37.4. The Kier molecular flexibility index (Phi) is 11.2. The van der Waals surface area contributed by atoms with Crippen LogP contribution in [-0.2, 0) is 40.0 Å². The van der Waals surface area contributed by atoms with Crippen molar-refractivity contribution in [2.45, 2.75) is 70.2 Å². The Hall–Kier alpha value is -3.62. The minimum Gasteiger partial charge on any atom is -0.459 e. The summed E-state index contributed by atoms with van der Waals surface area (Å²) < 4.78 is 62.1. The maximum Gasteiger partial charge on any atom is 0.459 e. The minimum absolute atomic E-state index is 0.0232. The lowest BCUT2D eigenvalue weighted by atomic mass is 9.96. The van der Waals surface area contributed by atoms with E-state index in [0.29, 0.717) is 5.02 Å². The van der Waals surface area contributed by atoms with E-state index in [9.17, 15) is 28.0 Å². The Morgan fingerprint density at radius 2 is 1.92 bits per heavy atom. The van der Waals surface area contributed by atoms with Crippen molar-refractivity contribution in [3.05, 3.63) is 76.7 Å². The summed E-state index contributed by atoms with van der Waals surface area (Å²) in [6, 6.07) is 13.3. The summed E-state index contributed by atoms with van der Waals surface area (Å²) in [5.41, 5.74) is 6.67. The number of hydrogen-bond donors (Lipinski definition) is 7. The first-order valence-corrected chi connectivity index (χ1v) is 19.3. The number of halogens is 1. The van der Waals surface area contributed by atoms with Crippen molar-refractivity contribution < 1.29 is 46.5 Å². The molecule has 1 aromatic heterocycles. The number of aromatic nitrogens is 2. The summed E-state index contributed by atoms with van der Waals surface area (Å²) >= 11 is 6.01. The van der Waals surface area contributed by atoms with Crippen LogP contribution in [0.2, 0.25) is 5.02 Å². The molecule has 0 spiro atoms. The molecule has 2 aromatic carbocycles. The van der Waals surface area contributed by atoms with Crippen molar-refractivity contribution in [2.75, 3.05) is 18.2 Å². The predicted octanol–water partition coefficient (Wildman–Crippen LogP) is 1.64. The van der Waals surface area contributed by atoms with Crippen LogP contribution in [0.1, 0.15) is 43.8 Å². The van der Waals surface area contributed by atoms with E-state index >= 15 is 0 Å². The number of carbonyl (C=O) groups excluding carboxylic acids is 1. The molecule has 3 heterocycles. The zero-order valence-electron chi connectivity index (χ0n) is 28.2. The van der Waals surface area contributed by atoms with Crippen LogP contribution in [0.15, 0.2) is 59.9 Å². The lowest BCUT2D eigenvalue weighted by Gasteiger charge is -2.30. The highest BCUT2D eigenvalue weighted by Gasteiger charge is 2.55. The molecule has 21 heteroatoms. The lowest BCUT2D eigenvalue weighted by molar-refractivity contribution is -0.151. The second-order valence-corrected chi connectivity index (χ2v) is 16.5. The summed E-state index contributed by atoms with van der Waals surface area (Å²) in [5, 5.41) is 28.6. The Morgan fingerprint density at radius 3 is 2.59 bits per heavy atom. The van der Waals surface area contributed by atoms with Crippen LogP contribution in [0.3, 0.4) is 0 Å². The van der Waals surface area contributed by atoms with Gasteiger partial charge in [-0.05, 0) is 63.1 Å². The van der Waals surface area contributed by atoms with Gasteiger partial charge in [0, 0.05) is 5.02 Å². The number of amidine groups is 1. The van der Waals surface area contributed by atoms with Gasteiger partial charge >= 0.3 is 13.7 Å². The molecule has 0 amide bonds. The van der Waals surface area contributed by atoms with Crippen LogP contribution in [0.25, 0.3) is 0 Å². The van der Waals surface area contributed by atoms with E-state index < -0.39 is 66.2 Å². The SMILES string of the molecule is Cc1ccccc1COC(=O)C(C)(C)NP(=O)(OCC1O[C@@H](n2cnc3c2NC(N)N=C3NNS(C)(=O)=O)[C@](C)(O)[C@@H]1O)Oc1ccc(Cl)cc1. The maximum atomic E-state index is 14.3. The van der Waals surface area contributed by atoms with Gasteiger partial charge in [0.25, 0.3) is 0 Å². The van der Waals surface area contributed by atoms with Gasteiger partial charge in [0.2, 0.25) is 10.0 Å². The van der Waals surface area contributed by atoms with Gasteiger partial charge in [-0.1, -0.05) is 35.9 Å². The van der Waals surface area contributed by atoms with Gasteiger partial charge in [0.15, 0.2) is 18.4 Å². The molecule has 6 atom stereocenters. The van der Waals surface area contributed by atoms with Crippen molar-refractivity contribution in [3.8, 4) is 5.75 Å². The smallest absolute Gasteiger partial charge is 0.459 e. The standard InChI is InChI=1S/C30H40ClN8O10PS/c1-17-8-6-7-9-18(17)14-46-27(41)29(2,3)37-50(43,49-20-12-10-19(31)11-13-20)47-15-21-23(40)30(4,42)26(48-21)39-16-33-22-24(36-38-51(5,44)45)34-28(32)35-25(22)39/h6-13,16,21,23,26,28,35,38,40,42H,14-15,32H2,1-5H3,(H,34,36)(H,37,43)/t21?,23-,26-,28?,30-,50?/m1/s1. The average Bonchev–Trinajstić information content (AvgIpc) is 3.55. The Morgan fingerprint density at radius 1 is 1.24 bits per heavy atom. The summed E-state index contributed by atoms with van der Waals surface area (Å²) in [7, 11) is -8.17. The van der Waals surface area contributed by atoms with Crippen LogP contribution in [0, 0.1) is 6.92 Å². The van der Waals surface area contributed by atoms with Crippen LogP contribution < -0.4 is 30.9 Å². The first-order valence-electron chi connectivity index (χ1n) is 15.4. The van der Waals surface area contributed by atoms with Crippen molar-refractivity contribution >= 4 is 47.0 Å². The van der Waals surface area contributed by atoms with Gasteiger partial charge in [0.05, 0.1) is 19.2 Å². The molecule has 2 aliphatic rings. The number of esters is 1. The molecule has 8 N–H and O–H groups in total. The number of aliphatic imine (C=N–C) groups is 1. The largest absolute Gasteiger partial charge is 0.459 e. The predicted molar refractivity (Wildman–Crippen MR) is 186 cm³/mol. The molecule has 5 rings (SSSR count). The number of carbonyl (C=O) groups is 1. The first kappa shape index (κ1) is 38.6. The van der Waals surface area contributed by atoms with Crippen LogP contribution >= 0.6 is 19.3 Å². The molecular formula is C30H40ClN8O10PS. The van der Waals surface area contributed by atoms with Crippen LogP contribution in [0.4, 0.5) is 5.82 Å². The molecule has 278 valence electrons. The zero-order valence-corrected chi connectivity index (χ0v) is 30.7. The van der Waals surface area contributed by atoms with Crippen molar-refractivity contribution in [1.82, 2.24) is 24.9 Å². The number of nitrogens with zero attached hydrogens (tertiary/aromatic N) is 3. The number of nitrogens with one attached hydrogen (secondary N) is 4. The molecule has 0 radical (unpaired) electrons. The number of fused-ring (bicyclic) bond motifs is 1. The highest BCUT2D eigenvalue weighted by Crippen LogP contribution is 2.49. The molecule has 0 aliphatic carbocycles. The summed E-state index contributed by atoms with van der Waals surface area (Å²) in [4.78, 5) is 23.7. The summed E-state index contributed by atoms with van der Waals surface area (Å²) in [5.74, 6) is -0.515. The fourth-order valence-corrected chi connectivity index (χ4v) is 7.30. The number of anilines is 1. The van der Waals surface area contributed by atoms with E-state index in [1.165, 1.54) is 55.9 Å². The highest BCUT2D eigenvalue weighted by molar-refractivity contribution is 7.88. The summed E-state index contributed by atoms with van der Waals surface area (Å²) in [6.07, 6.45) is -3.10. The van der Waals surface area contributed by atoms with Gasteiger partial charge in [-0.15, -0.1) is 4.83 Å². The highest BCUT2D eigenvalue weighted by atomic mass is 35.5. The van der Waals surface area contributed by atoms with Gasteiger partial charge in [-0.3, -0.25) is 25.0 Å². The number of imidazole rings is 1. The van der Waals surface area contributed by atoms with Crippen molar-refractivity contribution in [3.63, 3.8) is 0 Å². The lowest BCUT2D eigenvalue weighted by Crippen LogP contribution is -2.48. The van der Waals surface area contributed by atoms with Gasteiger partial charge < -0.3 is 29.5 Å². The molecule has 0 saturated carbocycles. The number of aliphatic hydroxyl groups is 2. The maximum absolute atomic E-state index is 14.3. The number of ether oxygens (including phenoxy) is 2. The molecule has 3 unspecified atom stereocenters. The van der Waals surface area contributed by atoms with Gasteiger partial charge in [0.1, 0.15) is 47.2 Å². The van der Waals surface area contributed by atoms with Gasteiger partial charge in [-0.25, -0.2) is 23.0 Å². The number of aliphatic hydroxyl groups excluding tert-OH is 1.